The SMILES string of the molecule is CC/C=C\C/C=C\C/C=C\CCCCCCC(=O)OCC(COC(=O)CCCCCCCCCCCC)OC(=O)CCCCC/C=C\CCCCCCCC. The van der Waals surface area contributed by atoms with Gasteiger partial charge in [-0.2, -0.15) is 0 Å². The standard InChI is InChI=1S/C49H86O6/c1-4-7-10-13-16-19-22-24-26-27-30-33-36-39-42-48(51)54-45-46(44-53-47(50)41-38-35-32-29-21-18-15-12-9-6-3)55-49(52)43-40-37-34-31-28-25-23-20-17-14-11-8-5-2/h7,10,16,19,24-26,28,46H,4-6,8-9,11-15,17-18,20-23,27,29-45H2,1-3H3/b10-7-,19-16-,26-24-,28-25-. The van der Waals surface area contributed by atoms with Crippen molar-refractivity contribution >= 4 is 17.9 Å². The summed E-state index contributed by atoms with van der Waals surface area (Å²) in [6, 6.07) is 0. The average molecular weight is 771 g/mol. The lowest BCUT2D eigenvalue weighted by Gasteiger charge is -2.18. The molecule has 0 heterocycles. The Morgan fingerprint density at radius 2 is 0.709 bits per heavy atom. The van der Waals surface area contributed by atoms with Crippen LogP contribution in [-0.2, 0) is 28.6 Å². The minimum absolute atomic E-state index is 0.0851. The van der Waals surface area contributed by atoms with Crippen molar-refractivity contribution in [2.45, 2.75) is 232 Å². The summed E-state index contributed by atoms with van der Waals surface area (Å²) in [5.74, 6) is -0.926. The molecule has 0 radical (unpaired) electrons. The molecule has 1 atom stereocenters. The maximum absolute atomic E-state index is 12.7. The van der Waals surface area contributed by atoms with Crippen LogP contribution in [0.5, 0.6) is 0 Å². The summed E-state index contributed by atoms with van der Waals surface area (Å²) in [4.78, 5) is 37.7. The van der Waals surface area contributed by atoms with Crippen molar-refractivity contribution in [2.24, 2.45) is 0 Å². The van der Waals surface area contributed by atoms with E-state index in [0.29, 0.717) is 19.3 Å². The van der Waals surface area contributed by atoms with E-state index < -0.39 is 6.10 Å². The molecule has 0 aliphatic carbocycles. The molecule has 0 rings (SSSR count). The van der Waals surface area contributed by atoms with E-state index in [1.807, 2.05) is 0 Å². The minimum Gasteiger partial charge on any atom is -0.462 e. The van der Waals surface area contributed by atoms with Crippen LogP contribution in [-0.4, -0.2) is 37.2 Å². The van der Waals surface area contributed by atoms with Crippen LogP contribution >= 0.6 is 0 Å². The van der Waals surface area contributed by atoms with Gasteiger partial charge in [0.2, 0.25) is 0 Å². The second kappa shape index (κ2) is 44.1. The zero-order chi connectivity index (χ0) is 40.1. The van der Waals surface area contributed by atoms with E-state index in [1.54, 1.807) is 0 Å². The quantitative estimate of drug-likeness (QED) is 0.0267. The molecule has 6 heteroatoms. The molecule has 0 aromatic rings. The van der Waals surface area contributed by atoms with E-state index >= 15 is 0 Å². The van der Waals surface area contributed by atoms with Crippen LogP contribution in [0.3, 0.4) is 0 Å². The normalized spacial score (nSPS) is 12.4. The van der Waals surface area contributed by atoms with Crippen molar-refractivity contribution in [1.29, 1.82) is 0 Å². The molecule has 318 valence electrons. The van der Waals surface area contributed by atoms with Crippen molar-refractivity contribution in [3.63, 3.8) is 0 Å². The van der Waals surface area contributed by atoms with Crippen molar-refractivity contribution in [3.8, 4) is 0 Å². The Balaban J connectivity index is 4.42. The molecule has 0 amide bonds. The third-order valence-electron chi connectivity index (χ3n) is 9.82. The van der Waals surface area contributed by atoms with Gasteiger partial charge in [-0.3, -0.25) is 14.4 Å². The highest BCUT2D eigenvalue weighted by molar-refractivity contribution is 5.71. The molecule has 0 fully saturated rings. The Hall–Kier alpha value is -2.63. The lowest BCUT2D eigenvalue weighted by Crippen LogP contribution is -2.30. The zero-order valence-electron chi connectivity index (χ0n) is 36.2. The van der Waals surface area contributed by atoms with Crippen LogP contribution in [0.1, 0.15) is 226 Å². The molecule has 0 aromatic heterocycles. The molecular formula is C49H86O6. The number of carbonyl (C=O) groups excluding carboxylic acids is 3. The van der Waals surface area contributed by atoms with Gasteiger partial charge in [0.25, 0.3) is 0 Å². The average Bonchev–Trinajstić information content (AvgIpc) is 3.18. The van der Waals surface area contributed by atoms with E-state index in [9.17, 15) is 14.4 Å². The smallest absolute Gasteiger partial charge is 0.306 e. The molecule has 0 bridgehead atoms. The van der Waals surface area contributed by atoms with Gasteiger partial charge in [0.1, 0.15) is 13.2 Å². The molecule has 55 heavy (non-hydrogen) atoms. The first kappa shape index (κ1) is 52.4. The van der Waals surface area contributed by atoms with E-state index in [1.165, 1.54) is 83.5 Å². The maximum atomic E-state index is 12.7. The molecule has 0 aliphatic rings. The van der Waals surface area contributed by atoms with Crippen LogP contribution in [0, 0.1) is 0 Å². The van der Waals surface area contributed by atoms with E-state index in [0.717, 1.165) is 103 Å². The van der Waals surface area contributed by atoms with Crippen LogP contribution in [0.2, 0.25) is 0 Å². The van der Waals surface area contributed by atoms with Gasteiger partial charge in [-0.1, -0.05) is 179 Å². The molecule has 0 saturated heterocycles. The fourth-order valence-electron chi connectivity index (χ4n) is 6.33. The first-order chi connectivity index (χ1) is 27.0. The fraction of sp³-hybridized carbons (Fsp3) is 0.776. The summed E-state index contributed by atoms with van der Waals surface area (Å²) in [5.41, 5.74) is 0. The van der Waals surface area contributed by atoms with Gasteiger partial charge in [0, 0.05) is 19.3 Å². The Bertz CT molecular complexity index is 980. The lowest BCUT2D eigenvalue weighted by molar-refractivity contribution is -0.167. The highest BCUT2D eigenvalue weighted by Gasteiger charge is 2.19. The Kier molecular flexibility index (Phi) is 42.0. The maximum Gasteiger partial charge on any atom is 0.306 e. The third-order valence-corrected chi connectivity index (χ3v) is 9.82. The number of allylic oxidation sites excluding steroid dienone is 8. The van der Waals surface area contributed by atoms with Crippen molar-refractivity contribution in [3.05, 3.63) is 48.6 Å². The molecule has 0 spiro atoms. The molecule has 1 unspecified atom stereocenters. The van der Waals surface area contributed by atoms with E-state index in [-0.39, 0.29) is 31.1 Å². The predicted molar refractivity (Wildman–Crippen MR) is 233 cm³/mol. The monoisotopic (exact) mass is 771 g/mol. The van der Waals surface area contributed by atoms with Crippen molar-refractivity contribution < 1.29 is 28.6 Å². The number of hydrogen-bond donors (Lipinski definition) is 0. The topological polar surface area (TPSA) is 78.9 Å². The van der Waals surface area contributed by atoms with Crippen molar-refractivity contribution in [1.82, 2.24) is 0 Å². The van der Waals surface area contributed by atoms with Crippen LogP contribution in [0.4, 0.5) is 0 Å². The Labute approximate surface area is 339 Å². The summed E-state index contributed by atoms with van der Waals surface area (Å²) in [7, 11) is 0. The van der Waals surface area contributed by atoms with Crippen LogP contribution in [0.25, 0.3) is 0 Å². The molecule has 0 N–H and O–H groups in total. The number of rotatable bonds is 41. The summed E-state index contributed by atoms with van der Waals surface area (Å²) < 4.78 is 16.7. The highest BCUT2D eigenvalue weighted by atomic mass is 16.6. The first-order valence-corrected chi connectivity index (χ1v) is 23.1. The predicted octanol–water partition coefficient (Wildman–Crippen LogP) is 14.8. The first-order valence-electron chi connectivity index (χ1n) is 23.1. The number of hydrogen-bond acceptors (Lipinski definition) is 6. The summed E-state index contributed by atoms with van der Waals surface area (Å²) in [6.07, 6.45) is 50.9. The van der Waals surface area contributed by atoms with Gasteiger partial charge in [-0.05, 0) is 77.0 Å². The van der Waals surface area contributed by atoms with Crippen LogP contribution < -0.4 is 0 Å². The zero-order valence-corrected chi connectivity index (χ0v) is 36.2. The Morgan fingerprint density at radius 1 is 0.382 bits per heavy atom. The molecule has 0 saturated carbocycles. The van der Waals surface area contributed by atoms with Gasteiger partial charge in [0.15, 0.2) is 6.10 Å². The molecule has 0 aliphatic heterocycles. The van der Waals surface area contributed by atoms with Gasteiger partial charge < -0.3 is 14.2 Å². The summed E-state index contributed by atoms with van der Waals surface area (Å²) in [5, 5.41) is 0. The second-order valence-electron chi connectivity index (χ2n) is 15.3. The second-order valence-corrected chi connectivity index (χ2v) is 15.3. The van der Waals surface area contributed by atoms with E-state index in [2.05, 4.69) is 69.4 Å². The van der Waals surface area contributed by atoms with E-state index in [4.69, 9.17) is 14.2 Å². The minimum atomic E-state index is -0.785. The Morgan fingerprint density at radius 3 is 1.15 bits per heavy atom. The number of carbonyl (C=O) groups is 3. The number of esters is 3. The lowest BCUT2D eigenvalue weighted by atomic mass is 10.1. The van der Waals surface area contributed by atoms with Gasteiger partial charge in [-0.25, -0.2) is 0 Å². The fourth-order valence-corrected chi connectivity index (χ4v) is 6.33. The molecule has 6 nitrogen and oxygen atoms in total. The highest BCUT2D eigenvalue weighted by Crippen LogP contribution is 2.14. The van der Waals surface area contributed by atoms with Gasteiger partial charge in [0.05, 0.1) is 0 Å². The van der Waals surface area contributed by atoms with Gasteiger partial charge >= 0.3 is 17.9 Å². The summed E-state index contributed by atoms with van der Waals surface area (Å²) in [6.45, 7) is 6.46. The number of unbranched alkanes of at least 4 members (excludes halogenated alkanes) is 22. The molecule has 0 aromatic carbocycles. The largest absolute Gasteiger partial charge is 0.462 e. The van der Waals surface area contributed by atoms with Crippen LogP contribution in [0.15, 0.2) is 48.6 Å². The van der Waals surface area contributed by atoms with Crippen molar-refractivity contribution in [2.75, 3.05) is 13.2 Å². The third kappa shape index (κ3) is 42.4. The number of ether oxygens (including phenoxy) is 3. The summed E-state index contributed by atoms with van der Waals surface area (Å²) >= 11 is 0. The molecular weight excluding hydrogens is 685 g/mol. The van der Waals surface area contributed by atoms with Gasteiger partial charge in [-0.15, -0.1) is 0 Å².